The summed E-state index contributed by atoms with van der Waals surface area (Å²) in [7, 11) is 1.61. The Labute approximate surface area is 90.3 Å². The third-order valence-electron chi connectivity index (χ3n) is 2.23. The van der Waals surface area contributed by atoms with E-state index in [4.69, 9.17) is 4.74 Å². The van der Waals surface area contributed by atoms with Gasteiger partial charge in [-0.1, -0.05) is 13.0 Å². The van der Waals surface area contributed by atoms with Crippen molar-refractivity contribution >= 4 is 12.6 Å². The van der Waals surface area contributed by atoms with Crippen molar-refractivity contribution in [2.24, 2.45) is 0 Å². The van der Waals surface area contributed by atoms with Gasteiger partial charge in [0, 0.05) is 11.3 Å². The van der Waals surface area contributed by atoms with Gasteiger partial charge < -0.3 is 9.84 Å². The first-order chi connectivity index (χ1) is 6.72. The molecule has 0 saturated carbocycles. The van der Waals surface area contributed by atoms with Gasteiger partial charge in [-0.25, -0.2) is 0 Å². The van der Waals surface area contributed by atoms with E-state index in [0.29, 0.717) is 5.75 Å². The van der Waals surface area contributed by atoms with Crippen LogP contribution in [0.5, 0.6) is 5.75 Å². The molecule has 1 rings (SSSR count). The molecule has 0 aliphatic rings. The molecule has 1 aromatic rings. The van der Waals surface area contributed by atoms with Crippen molar-refractivity contribution in [1.29, 1.82) is 0 Å². The van der Waals surface area contributed by atoms with Gasteiger partial charge in [0.15, 0.2) is 0 Å². The highest BCUT2D eigenvalue weighted by Gasteiger charge is 2.11. The van der Waals surface area contributed by atoms with E-state index in [1.807, 2.05) is 18.2 Å². The summed E-state index contributed by atoms with van der Waals surface area (Å²) in [6.45, 7) is 2.08. The number of methoxy groups -OCH3 is 1. The molecule has 1 unspecified atom stereocenters. The van der Waals surface area contributed by atoms with E-state index in [9.17, 15) is 5.11 Å². The second-order valence-corrected chi connectivity index (χ2v) is 3.49. The van der Waals surface area contributed by atoms with Crippen LogP contribution in [-0.2, 0) is 6.42 Å². The lowest BCUT2D eigenvalue weighted by atomic mass is 10.0. The molecule has 1 aromatic carbocycles. The molecular weight excluding hydrogens is 196 g/mol. The Hall–Kier alpha value is -0.670. The van der Waals surface area contributed by atoms with E-state index < -0.39 is 6.10 Å². The highest BCUT2D eigenvalue weighted by molar-refractivity contribution is 7.80. The second-order valence-electron chi connectivity index (χ2n) is 3.13. The molecule has 0 spiro atoms. The summed E-state index contributed by atoms with van der Waals surface area (Å²) in [6.07, 6.45) is 0.399. The zero-order valence-electron chi connectivity index (χ0n) is 8.53. The smallest absolute Gasteiger partial charge is 0.124 e. The average molecular weight is 212 g/mol. The maximum atomic E-state index is 9.70. The molecule has 1 atom stereocenters. The summed E-state index contributed by atoms with van der Waals surface area (Å²) in [5, 5.41) is 9.70. The maximum absolute atomic E-state index is 9.70. The summed E-state index contributed by atoms with van der Waals surface area (Å²) in [6, 6.07) is 5.87. The second kappa shape index (κ2) is 5.27. The Morgan fingerprint density at radius 2 is 2.21 bits per heavy atom. The topological polar surface area (TPSA) is 29.5 Å². The van der Waals surface area contributed by atoms with Crippen molar-refractivity contribution in [3.8, 4) is 5.75 Å². The van der Waals surface area contributed by atoms with Crippen LogP contribution in [0.15, 0.2) is 18.2 Å². The van der Waals surface area contributed by atoms with Crippen LogP contribution in [0.2, 0.25) is 0 Å². The van der Waals surface area contributed by atoms with E-state index >= 15 is 0 Å². The van der Waals surface area contributed by atoms with Gasteiger partial charge in [-0.3, -0.25) is 0 Å². The van der Waals surface area contributed by atoms with E-state index in [-0.39, 0.29) is 0 Å². The summed E-state index contributed by atoms with van der Waals surface area (Å²) in [5.74, 6) is 1.13. The molecule has 0 aliphatic heterocycles. The van der Waals surface area contributed by atoms with Crippen LogP contribution < -0.4 is 4.74 Å². The Morgan fingerprint density at radius 3 is 2.71 bits per heavy atom. The number of aliphatic hydroxyl groups is 1. The van der Waals surface area contributed by atoms with Crippen LogP contribution in [0.25, 0.3) is 0 Å². The highest BCUT2D eigenvalue weighted by Crippen LogP contribution is 2.27. The lowest BCUT2D eigenvalue weighted by Crippen LogP contribution is -2.02. The number of aliphatic hydroxyl groups excluding tert-OH is 1. The molecule has 0 heterocycles. The van der Waals surface area contributed by atoms with Gasteiger partial charge in [0.1, 0.15) is 5.75 Å². The Kier molecular flexibility index (Phi) is 4.29. The molecule has 0 bridgehead atoms. The summed E-state index contributed by atoms with van der Waals surface area (Å²) in [5.41, 5.74) is 2.02. The van der Waals surface area contributed by atoms with Gasteiger partial charge in [0.05, 0.1) is 13.2 Å². The van der Waals surface area contributed by atoms with Gasteiger partial charge in [-0.15, -0.1) is 0 Å². The Balaban J connectivity index is 3.08. The quantitative estimate of drug-likeness (QED) is 0.749. The number of benzene rings is 1. The molecule has 0 radical (unpaired) electrons. The third-order valence-corrected chi connectivity index (χ3v) is 2.58. The minimum absolute atomic E-state index is 0.406. The van der Waals surface area contributed by atoms with Gasteiger partial charge in [0.2, 0.25) is 0 Å². The fourth-order valence-corrected chi connectivity index (χ4v) is 1.56. The number of ether oxygens (including phenoxy) is 1. The van der Waals surface area contributed by atoms with Crippen LogP contribution in [-0.4, -0.2) is 18.0 Å². The molecule has 0 aromatic heterocycles. The monoisotopic (exact) mass is 212 g/mol. The molecule has 0 aliphatic carbocycles. The van der Waals surface area contributed by atoms with Crippen molar-refractivity contribution in [2.45, 2.75) is 19.4 Å². The number of aryl methyl sites for hydroxylation is 1. The summed E-state index contributed by atoms with van der Waals surface area (Å²) >= 11 is 4.07. The molecule has 78 valence electrons. The zero-order chi connectivity index (χ0) is 10.6. The van der Waals surface area contributed by atoms with Crippen LogP contribution >= 0.6 is 12.6 Å². The number of hydrogen-bond acceptors (Lipinski definition) is 3. The van der Waals surface area contributed by atoms with Crippen molar-refractivity contribution in [1.82, 2.24) is 0 Å². The number of rotatable bonds is 4. The van der Waals surface area contributed by atoms with Crippen molar-refractivity contribution in [3.05, 3.63) is 29.3 Å². The fraction of sp³-hybridized carbons (Fsp3) is 0.455. The molecule has 1 N–H and O–H groups in total. The largest absolute Gasteiger partial charge is 0.496 e. The zero-order valence-corrected chi connectivity index (χ0v) is 9.42. The van der Waals surface area contributed by atoms with Crippen LogP contribution in [0.3, 0.4) is 0 Å². The van der Waals surface area contributed by atoms with Crippen molar-refractivity contribution in [2.75, 3.05) is 12.9 Å². The normalized spacial score (nSPS) is 12.6. The fourth-order valence-electron chi connectivity index (χ4n) is 1.36. The molecule has 0 saturated heterocycles. The summed E-state index contributed by atoms with van der Waals surface area (Å²) in [4.78, 5) is 0. The lowest BCUT2D eigenvalue weighted by molar-refractivity contribution is 0.199. The van der Waals surface area contributed by atoms with Crippen molar-refractivity contribution in [3.63, 3.8) is 0 Å². The van der Waals surface area contributed by atoms with Crippen LogP contribution in [0.4, 0.5) is 0 Å². The Bertz CT molecular complexity index is 299. The molecule has 2 nitrogen and oxygen atoms in total. The first-order valence-electron chi connectivity index (χ1n) is 4.68. The van der Waals surface area contributed by atoms with Crippen LogP contribution in [0, 0.1) is 0 Å². The molecule has 14 heavy (non-hydrogen) atoms. The van der Waals surface area contributed by atoms with Gasteiger partial charge in [0.25, 0.3) is 0 Å². The molecular formula is C11H16O2S. The highest BCUT2D eigenvalue weighted by atomic mass is 32.1. The molecule has 0 amide bonds. The number of hydrogen-bond donors (Lipinski definition) is 2. The predicted octanol–water partition coefficient (Wildman–Crippen LogP) is 2.22. The minimum atomic E-state index is -0.556. The van der Waals surface area contributed by atoms with E-state index in [0.717, 1.165) is 17.7 Å². The van der Waals surface area contributed by atoms with Gasteiger partial charge in [-0.2, -0.15) is 12.6 Å². The first-order valence-corrected chi connectivity index (χ1v) is 5.31. The van der Waals surface area contributed by atoms with E-state index in [2.05, 4.69) is 19.6 Å². The van der Waals surface area contributed by atoms with Gasteiger partial charge in [-0.05, 0) is 24.1 Å². The van der Waals surface area contributed by atoms with Crippen molar-refractivity contribution < 1.29 is 9.84 Å². The van der Waals surface area contributed by atoms with Crippen LogP contribution in [0.1, 0.15) is 24.2 Å². The van der Waals surface area contributed by atoms with E-state index in [1.165, 1.54) is 5.56 Å². The van der Waals surface area contributed by atoms with E-state index in [1.54, 1.807) is 7.11 Å². The standard InChI is InChI=1S/C11H16O2S/c1-3-8-4-5-11(13-2)9(6-8)10(12)7-14/h4-6,10,12,14H,3,7H2,1-2H3. The first kappa shape index (κ1) is 11.4. The summed E-state index contributed by atoms with van der Waals surface area (Å²) < 4.78 is 5.17. The SMILES string of the molecule is CCc1ccc(OC)c(C(O)CS)c1. The third kappa shape index (κ3) is 2.42. The Morgan fingerprint density at radius 1 is 1.50 bits per heavy atom. The minimum Gasteiger partial charge on any atom is -0.496 e. The van der Waals surface area contributed by atoms with Gasteiger partial charge >= 0.3 is 0 Å². The number of thiol groups is 1. The lowest BCUT2D eigenvalue weighted by Gasteiger charge is -2.13. The molecule has 0 fully saturated rings. The maximum Gasteiger partial charge on any atom is 0.124 e. The molecule has 3 heteroatoms. The predicted molar refractivity (Wildman–Crippen MR) is 61.2 cm³/mol. The average Bonchev–Trinajstić information content (AvgIpc) is 2.27.